The molecular formula is C16H26IN3O. The van der Waals surface area contributed by atoms with E-state index in [1.54, 1.807) is 7.11 Å². The van der Waals surface area contributed by atoms with Gasteiger partial charge in [0.2, 0.25) is 0 Å². The second-order valence-electron chi connectivity index (χ2n) is 5.73. The summed E-state index contributed by atoms with van der Waals surface area (Å²) in [5, 5.41) is 3.23. The summed E-state index contributed by atoms with van der Waals surface area (Å²) in [6.45, 7) is 4.28. The molecule has 1 aromatic heterocycles. The second kappa shape index (κ2) is 7.22. The molecule has 1 fully saturated rings. The number of rotatable bonds is 6. The van der Waals surface area contributed by atoms with Gasteiger partial charge in [0.15, 0.2) is 5.82 Å². The van der Waals surface area contributed by atoms with Crippen LogP contribution in [-0.2, 0) is 10.3 Å². The van der Waals surface area contributed by atoms with E-state index in [0.29, 0.717) is 5.92 Å². The number of halogens is 1. The Morgan fingerprint density at radius 1 is 1.24 bits per heavy atom. The topological polar surface area (TPSA) is 47.0 Å². The van der Waals surface area contributed by atoms with Crippen molar-refractivity contribution in [3.05, 3.63) is 15.1 Å². The molecule has 0 bridgehead atoms. The largest absolute Gasteiger partial charge is 0.372 e. The molecule has 2 rings (SSSR count). The van der Waals surface area contributed by atoms with Crippen LogP contribution in [0.2, 0.25) is 0 Å². The predicted octanol–water partition coefficient (Wildman–Crippen LogP) is 4.44. The number of hydrogen-bond donors (Lipinski definition) is 1. The summed E-state index contributed by atoms with van der Waals surface area (Å²) >= 11 is 2.38. The van der Waals surface area contributed by atoms with E-state index in [4.69, 9.17) is 14.7 Å². The highest BCUT2D eigenvalue weighted by Gasteiger charge is 2.34. The van der Waals surface area contributed by atoms with Gasteiger partial charge in [-0.15, -0.1) is 0 Å². The zero-order chi connectivity index (χ0) is 15.5. The van der Waals surface area contributed by atoms with Crippen molar-refractivity contribution in [2.45, 2.75) is 63.9 Å². The van der Waals surface area contributed by atoms with E-state index in [1.165, 1.54) is 34.9 Å². The van der Waals surface area contributed by atoms with E-state index in [1.807, 2.05) is 7.05 Å². The number of methoxy groups -OCH3 is 1. The van der Waals surface area contributed by atoms with E-state index in [0.717, 1.165) is 24.5 Å². The summed E-state index contributed by atoms with van der Waals surface area (Å²) in [7, 11) is 3.70. The minimum absolute atomic E-state index is 0.372. The van der Waals surface area contributed by atoms with E-state index < -0.39 is 0 Å². The van der Waals surface area contributed by atoms with Crippen molar-refractivity contribution in [3.8, 4) is 0 Å². The normalized spacial score (nSPS) is 16.4. The molecule has 1 N–H and O–H groups in total. The average molecular weight is 403 g/mol. The summed E-state index contributed by atoms with van der Waals surface area (Å²) in [5.74, 6) is 2.35. The molecule has 0 atom stereocenters. The van der Waals surface area contributed by atoms with Gasteiger partial charge < -0.3 is 10.1 Å². The zero-order valence-electron chi connectivity index (χ0n) is 13.5. The Bertz CT molecular complexity index is 474. The van der Waals surface area contributed by atoms with Gasteiger partial charge >= 0.3 is 0 Å². The fraction of sp³-hybridized carbons (Fsp3) is 0.750. The molecule has 4 nitrogen and oxygen atoms in total. The lowest BCUT2D eigenvalue weighted by Crippen LogP contribution is -2.30. The summed E-state index contributed by atoms with van der Waals surface area (Å²) in [4.78, 5) is 9.72. The molecule has 21 heavy (non-hydrogen) atoms. The molecule has 0 saturated heterocycles. The van der Waals surface area contributed by atoms with Crippen LogP contribution in [-0.4, -0.2) is 24.1 Å². The maximum absolute atomic E-state index is 5.82. The Morgan fingerprint density at radius 3 is 2.33 bits per heavy atom. The fourth-order valence-electron chi connectivity index (χ4n) is 3.25. The molecule has 0 unspecified atom stereocenters. The van der Waals surface area contributed by atoms with Crippen molar-refractivity contribution in [3.63, 3.8) is 0 Å². The number of nitrogens with zero attached hydrogens (tertiary/aromatic N) is 2. The van der Waals surface area contributed by atoms with Crippen molar-refractivity contribution in [2.24, 2.45) is 0 Å². The van der Waals surface area contributed by atoms with Crippen LogP contribution >= 0.6 is 22.6 Å². The average Bonchev–Trinajstić information content (AvgIpc) is 3.04. The number of ether oxygens (including phenoxy) is 1. The highest BCUT2D eigenvalue weighted by atomic mass is 127. The van der Waals surface area contributed by atoms with Gasteiger partial charge in [-0.2, -0.15) is 0 Å². The van der Waals surface area contributed by atoms with Crippen LogP contribution in [0.3, 0.4) is 0 Å². The third-order valence-corrected chi connectivity index (χ3v) is 5.86. The third-order valence-electron chi connectivity index (χ3n) is 4.80. The standard InChI is InChI=1S/C16H26IN3O/c1-5-16(6-2,21-4)15-19-13(11-9-7-8-10-11)12(17)14(18-3)20-15/h11H,5-10H2,1-4H3,(H,18,19,20). The second-order valence-corrected chi connectivity index (χ2v) is 6.81. The summed E-state index contributed by atoms with van der Waals surface area (Å²) in [6, 6.07) is 0. The molecule has 0 amide bonds. The van der Waals surface area contributed by atoms with Gasteiger partial charge in [0, 0.05) is 20.1 Å². The number of hydrogen-bond acceptors (Lipinski definition) is 4. The molecule has 0 aliphatic heterocycles. The van der Waals surface area contributed by atoms with E-state index in [9.17, 15) is 0 Å². The molecule has 1 saturated carbocycles. The van der Waals surface area contributed by atoms with E-state index in [2.05, 4.69) is 41.8 Å². The fourth-order valence-corrected chi connectivity index (χ4v) is 4.20. The van der Waals surface area contributed by atoms with Crippen molar-refractivity contribution in [1.29, 1.82) is 0 Å². The summed E-state index contributed by atoms with van der Waals surface area (Å²) in [6.07, 6.45) is 6.88. The molecule has 5 heteroatoms. The number of aromatic nitrogens is 2. The van der Waals surface area contributed by atoms with Gasteiger partial charge in [0.1, 0.15) is 11.4 Å². The van der Waals surface area contributed by atoms with Gasteiger partial charge in [-0.05, 0) is 48.3 Å². The quantitative estimate of drug-likeness (QED) is 0.714. The maximum Gasteiger partial charge on any atom is 0.162 e. The highest BCUT2D eigenvalue weighted by Crippen LogP contribution is 2.39. The van der Waals surface area contributed by atoms with Crippen molar-refractivity contribution >= 4 is 28.4 Å². The van der Waals surface area contributed by atoms with Crippen molar-refractivity contribution in [2.75, 3.05) is 19.5 Å². The monoisotopic (exact) mass is 403 g/mol. The first-order valence-electron chi connectivity index (χ1n) is 7.92. The van der Waals surface area contributed by atoms with Crippen LogP contribution in [0.1, 0.15) is 69.8 Å². The van der Waals surface area contributed by atoms with Gasteiger partial charge in [0.05, 0.1) is 9.26 Å². The lowest BCUT2D eigenvalue weighted by Gasteiger charge is -2.30. The lowest BCUT2D eigenvalue weighted by atomic mass is 9.95. The Balaban J connectivity index is 2.53. The van der Waals surface area contributed by atoms with Crippen LogP contribution in [0.5, 0.6) is 0 Å². The Morgan fingerprint density at radius 2 is 1.86 bits per heavy atom. The Hall–Kier alpha value is -0.430. The number of nitrogens with one attached hydrogen (secondary N) is 1. The molecule has 0 aromatic carbocycles. The minimum atomic E-state index is -0.372. The predicted molar refractivity (Wildman–Crippen MR) is 94.8 cm³/mol. The Labute approximate surface area is 141 Å². The smallest absolute Gasteiger partial charge is 0.162 e. The first-order valence-corrected chi connectivity index (χ1v) is 9.00. The minimum Gasteiger partial charge on any atom is -0.372 e. The highest BCUT2D eigenvalue weighted by molar-refractivity contribution is 14.1. The van der Waals surface area contributed by atoms with Crippen LogP contribution in [0.15, 0.2) is 0 Å². The molecule has 1 aromatic rings. The van der Waals surface area contributed by atoms with Crippen LogP contribution < -0.4 is 5.32 Å². The molecule has 1 aliphatic rings. The third kappa shape index (κ3) is 3.18. The lowest BCUT2D eigenvalue weighted by molar-refractivity contribution is -0.0292. The van der Waals surface area contributed by atoms with Gasteiger partial charge in [-0.1, -0.05) is 26.7 Å². The molecule has 1 heterocycles. The molecule has 0 spiro atoms. The van der Waals surface area contributed by atoms with Crippen LogP contribution in [0, 0.1) is 3.57 Å². The first-order chi connectivity index (χ1) is 10.1. The summed E-state index contributed by atoms with van der Waals surface area (Å²) in [5.41, 5.74) is 0.842. The van der Waals surface area contributed by atoms with Gasteiger partial charge in [-0.25, -0.2) is 9.97 Å². The van der Waals surface area contributed by atoms with Crippen LogP contribution in [0.25, 0.3) is 0 Å². The first kappa shape index (κ1) is 16.9. The SMILES string of the molecule is CCC(CC)(OC)c1nc(NC)c(I)c(C2CCCC2)n1. The molecule has 0 radical (unpaired) electrons. The van der Waals surface area contributed by atoms with Crippen molar-refractivity contribution < 1.29 is 4.74 Å². The van der Waals surface area contributed by atoms with Gasteiger partial charge in [0.25, 0.3) is 0 Å². The van der Waals surface area contributed by atoms with E-state index >= 15 is 0 Å². The molecule has 118 valence electrons. The van der Waals surface area contributed by atoms with E-state index in [-0.39, 0.29) is 5.60 Å². The molecular weight excluding hydrogens is 377 g/mol. The molecule has 1 aliphatic carbocycles. The maximum atomic E-state index is 5.82. The number of anilines is 1. The zero-order valence-corrected chi connectivity index (χ0v) is 15.7. The Kier molecular flexibility index (Phi) is 5.82. The van der Waals surface area contributed by atoms with Crippen molar-refractivity contribution in [1.82, 2.24) is 9.97 Å². The van der Waals surface area contributed by atoms with Gasteiger partial charge in [-0.3, -0.25) is 0 Å². The van der Waals surface area contributed by atoms with Crippen LogP contribution in [0.4, 0.5) is 5.82 Å². The summed E-state index contributed by atoms with van der Waals surface area (Å²) < 4.78 is 6.99.